The number of hydrogen-bond acceptors (Lipinski definition) is 3. The van der Waals surface area contributed by atoms with Gasteiger partial charge in [-0.2, -0.15) is 0 Å². The normalized spacial score (nSPS) is 13.9. The van der Waals surface area contributed by atoms with Gasteiger partial charge >= 0.3 is 5.97 Å². The Morgan fingerprint density at radius 2 is 2.15 bits per heavy atom. The molecule has 20 heavy (non-hydrogen) atoms. The minimum absolute atomic E-state index is 0.536. The first kappa shape index (κ1) is 14.8. The molecule has 0 aliphatic carbocycles. The number of benzene rings is 1. The number of halogens is 1. The van der Waals surface area contributed by atoms with Crippen molar-refractivity contribution in [3.8, 4) is 0 Å². The third-order valence-corrected chi connectivity index (χ3v) is 4.06. The molecule has 0 radical (unpaired) electrons. The second-order valence-corrected chi connectivity index (χ2v) is 5.86. The van der Waals surface area contributed by atoms with Crippen LogP contribution in [0.4, 0.5) is 5.82 Å². The van der Waals surface area contributed by atoms with Crippen LogP contribution in [0.5, 0.6) is 0 Å². The maximum absolute atomic E-state index is 11.5. The molecule has 0 saturated carbocycles. The minimum atomic E-state index is -1.02. The number of nitrogens with one attached hydrogen (secondary N) is 1. The average Bonchev–Trinajstić information content (AvgIpc) is 2.40. The van der Waals surface area contributed by atoms with Gasteiger partial charge in [0.05, 0.1) is 0 Å². The molecule has 0 amide bonds. The number of aromatic nitrogens is 1. The number of rotatable bonds is 5. The third kappa shape index (κ3) is 2.77. The molecule has 0 bridgehead atoms. The zero-order chi connectivity index (χ0) is 14.8. The number of carboxylic acid groups (broad SMARTS) is 1. The van der Waals surface area contributed by atoms with Crippen LogP contribution in [0.2, 0.25) is 0 Å². The molecule has 1 atom stereocenters. The quantitative estimate of drug-likeness (QED) is 0.864. The maximum atomic E-state index is 11.5. The fourth-order valence-corrected chi connectivity index (χ4v) is 2.75. The van der Waals surface area contributed by atoms with E-state index in [1.807, 2.05) is 31.2 Å². The molecule has 4 nitrogen and oxygen atoms in total. The van der Waals surface area contributed by atoms with Crippen LogP contribution in [-0.2, 0) is 4.79 Å². The van der Waals surface area contributed by atoms with Crippen molar-refractivity contribution < 1.29 is 9.90 Å². The lowest BCUT2D eigenvalue weighted by molar-refractivity contribution is -0.142. The van der Waals surface area contributed by atoms with E-state index in [-0.39, 0.29) is 0 Å². The summed E-state index contributed by atoms with van der Waals surface area (Å²) >= 11 is 3.50. The van der Waals surface area contributed by atoms with Gasteiger partial charge in [0.25, 0.3) is 0 Å². The van der Waals surface area contributed by atoms with Crippen molar-refractivity contribution in [3.63, 3.8) is 0 Å². The Bertz CT molecular complexity index is 645. The van der Waals surface area contributed by atoms with E-state index < -0.39 is 11.5 Å². The van der Waals surface area contributed by atoms with E-state index in [1.54, 1.807) is 13.1 Å². The smallest absolute Gasteiger partial charge is 0.329 e. The monoisotopic (exact) mass is 336 g/mol. The first-order valence-electron chi connectivity index (χ1n) is 6.53. The van der Waals surface area contributed by atoms with Crippen molar-refractivity contribution in [2.45, 2.75) is 32.2 Å². The van der Waals surface area contributed by atoms with Gasteiger partial charge in [-0.3, -0.25) is 0 Å². The summed E-state index contributed by atoms with van der Waals surface area (Å²) in [5.74, 6) is -0.268. The van der Waals surface area contributed by atoms with E-state index in [2.05, 4.69) is 26.2 Å². The lowest BCUT2D eigenvalue weighted by Gasteiger charge is -2.27. The lowest BCUT2D eigenvalue weighted by Crippen LogP contribution is -2.43. The zero-order valence-electron chi connectivity index (χ0n) is 11.5. The summed E-state index contributed by atoms with van der Waals surface area (Å²) in [6.07, 6.45) is 3.00. The Kier molecular flexibility index (Phi) is 4.28. The van der Waals surface area contributed by atoms with E-state index >= 15 is 0 Å². The molecule has 5 heteroatoms. The highest BCUT2D eigenvalue weighted by atomic mass is 79.9. The number of carboxylic acids is 1. The topological polar surface area (TPSA) is 62.2 Å². The van der Waals surface area contributed by atoms with E-state index in [0.29, 0.717) is 12.2 Å². The van der Waals surface area contributed by atoms with Crippen LogP contribution in [0.15, 0.2) is 34.9 Å². The van der Waals surface area contributed by atoms with Crippen LogP contribution in [-0.4, -0.2) is 21.6 Å². The van der Waals surface area contributed by atoms with E-state index in [9.17, 15) is 9.90 Å². The van der Waals surface area contributed by atoms with Crippen molar-refractivity contribution in [1.29, 1.82) is 0 Å². The molecule has 1 aromatic carbocycles. The highest BCUT2D eigenvalue weighted by Crippen LogP contribution is 2.30. The summed E-state index contributed by atoms with van der Waals surface area (Å²) in [5.41, 5.74) is -1.02. The van der Waals surface area contributed by atoms with Gasteiger partial charge in [-0.15, -0.1) is 0 Å². The molecule has 2 N–H and O–H groups in total. The molecule has 0 fully saturated rings. The van der Waals surface area contributed by atoms with Crippen molar-refractivity contribution in [3.05, 3.63) is 34.9 Å². The number of pyridine rings is 1. The van der Waals surface area contributed by atoms with Crippen molar-refractivity contribution in [1.82, 2.24) is 4.98 Å². The lowest BCUT2D eigenvalue weighted by atomic mass is 9.96. The van der Waals surface area contributed by atoms with Crippen molar-refractivity contribution in [2.75, 3.05) is 5.32 Å². The fraction of sp³-hybridized carbons (Fsp3) is 0.333. The third-order valence-electron chi connectivity index (χ3n) is 3.37. The summed E-state index contributed by atoms with van der Waals surface area (Å²) in [6.45, 7) is 3.66. The number of hydrogen-bond donors (Lipinski definition) is 2. The number of anilines is 1. The zero-order valence-corrected chi connectivity index (χ0v) is 13.1. The molecule has 2 aromatic rings. The molecule has 0 aliphatic rings. The minimum Gasteiger partial charge on any atom is -0.480 e. The average molecular weight is 337 g/mol. The van der Waals surface area contributed by atoms with E-state index in [0.717, 1.165) is 21.7 Å². The number of aliphatic carboxylic acids is 1. The van der Waals surface area contributed by atoms with Gasteiger partial charge in [-0.1, -0.05) is 41.4 Å². The van der Waals surface area contributed by atoms with Crippen LogP contribution < -0.4 is 5.32 Å². The van der Waals surface area contributed by atoms with Gasteiger partial charge in [0, 0.05) is 21.4 Å². The van der Waals surface area contributed by atoms with Gasteiger partial charge < -0.3 is 10.4 Å². The van der Waals surface area contributed by atoms with Gasteiger partial charge in [-0.05, 0) is 25.5 Å². The van der Waals surface area contributed by atoms with Gasteiger partial charge in [0.15, 0.2) is 0 Å². The molecule has 1 heterocycles. The Morgan fingerprint density at radius 3 is 2.80 bits per heavy atom. The predicted octanol–water partition coefficient (Wildman–Crippen LogP) is 4.05. The highest BCUT2D eigenvalue weighted by molar-refractivity contribution is 9.10. The van der Waals surface area contributed by atoms with Gasteiger partial charge in [0.2, 0.25) is 0 Å². The molecule has 0 saturated heterocycles. The Morgan fingerprint density at radius 1 is 1.40 bits per heavy atom. The summed E-state index contributed by atoms with van der Waals surface area (Å²) in [4.78, 5) is 15.8. The van der Waals surface area contributed by atoms with Crippen LogP contribution in [0.25, 0.3) is 10.8 Å². The molecular formula is C15H17BrN2O2. The van der Waals surface area contributed by atoms with Crippen molar-refractivity contribution >= 4 is 38.5 Å². The standard InChI is InChI=1S/C15H17BrN2O2/c1-3-8-15(2,14(19)20)18-13-11-5-4-6-12(16)10(11)7-9-17-13/h4-7,9H,3,8H2,1-2H3,(H,17,18)(H,19,20). The summed E-state index contributed by atoms with van der Waals surface area (Å²) in [5, 5.41) is 14.5. The first-order chi connectivity index (χ1) is 9.48. The fourth-order valence-electron chi connectivity index (χ4n) is 2.25. The Labute approximate surface area is 126 Å². The van der Waals surface area contributed by atoms with Crippen LogP contribution in [0.1, 0.15) is 26.7 Å². The molecule has 0 aliphatic heterocycles. The molecule has 1 unspecified atom stereocenters. The number of nitrogens with zero attached hydrogens (tertiary/aromatic N) is 1. The van der Waals surface area contributed by atoms with E-state index in [1.165, 1.54) is 0 Å². The largest absolute Gasteiger partial charge is 0.480 e. The SMILES string of the molecule is CCCC(C)(Nc1nccc2c(Br)cccc12)C(=O)O. The maximum Gasteiger partial charge on any atom is 0.329 e. The predicted molar refractivity (Wildman–Crippen MR) is 84.0 cm³/mol. The molecule has 106 valence electrons. The Balaban J connectivity index is 2.48. The summed E-state index contributed by atoms with van der Waals surface area (Å²) < 4.78 is 0.966. The Hall–Kier alpha value is -1.62. The number of fused-ring (bicyclic) bond motifs is 1. The number of carbonyl (C=O) groups is 1. The van der Waals surface area contributed by atoms with Crippen LogP contribution >= 0.6 is 15.9 Å². The van der Waals surface area contributed by atoms with Crippen molar-refractivity contribution in [2.24, 2.45) is 0 Å². The summed E-state index contributed by atoms with van der Waals surface area (Å²) in [7, 11) is 0. The molecular weight excluding hydrogens is 320 g/mol. The molecule has 1 aromatic heterocycles. The molecule has 2 rings (SSSR count). The second kappa shape index (κ2) is 5.79. The van der Waals surface area contributed by atoms with Gasteiger partial charge in [0.1, 0.15) is 11.4 Å². The van der Waals surface area contributed by atoms with Crippen LogP contribution in [0, 0.1) is 0 Å². The second-order valence-electron chi connectivity index (χ2n) is 5.01. The molecule has 0 spiro atoms. The highest BCUT2D eigenvalue weighted by Gasteiger charge is 2.32. The summed E-state index contributed by atoms with van der Waals surface area (Å²) in [6, 6.07) is 7.71. The van der Waals surface area contributed by atoms with Gasteiger partial charge in [-0.25, -0.2) is 9.78 Å². The first-order valence-corrected chi connectivity index (χ1v) is 7.32. The van der Waals surface area contributed by atoms with E-state index in [4.69, 9.17) is 0 Å². The van der Waals surface area contributed by atoms with Crippen LogP contribution in [0.3, 0.4) is 0 Å².